The molecule has 2 fully saturated rings. The molecule has 0 spiro atoms. The highest BCUT2D eigenvalue weighted by Gasteiger charge is 2.47. The van der Waals surface area contributed by atoms with Crippen LogP contribution in [-0.4, -0.2) is 44.1 Å². The Morgan fingerprint density at radius 3 is 2.92 bits per heavy atom. The Labute approximate surface area is 138 Å². The zero-order chi connectivity index (χ0) is 16.8. The first-order valence-electron chi connectivity index (χ1n) is 8.33. The van der Waals surface area contributed by atoms with E-state index in [2.05, 4.69) is 10.1 Å². The normalized spacial score (nSPS) is 26.5. The topological polar surface area (TPSA) is 96.5 Å². The maximum atomic E-state index is 13.1. The third kappa shape index (κ3) is 2.26. The van der Waals surface area contributed by atoms with Crippen LogP contribution < -0.4 is 0 Å². The van der Waals surface area contributed by atoms with Crippen LogP contribution in [0.1, 0.15) is 48.2 Å². The first kappa shape index (κ1) is 15.1. The minimum atomic E-state index is -0.923. The number of fused-ring (bicyclic) bond motifs is 2. The quantitative estimate of drug-likeness (QED) is 0.908. The molecule has 1 aliphatic heterocycles. The molecule has 0 bridgehead atoms. The fourth-order valence-electron chi connectivity index (χ4n) is 4.18. The molecular formula is C17H19N3O4. The van der Waals surface area contributed by atoms with E-state index in [-0.39, 0.29) is 17.9 Å². The number of hydrogen-bond donors (Lipinski definition) is 1. The zero-order valence-electron chi connectivity index (χ0n) is 13.4. The van der Waals surface area contributed by atoms with Crippen LogP contribution in [-0.2, 0) is 4.79 Å². The molecule has 2 aromatic heterocycles. The lowest BCUT2D eigenvalue weighted by molar-refractivity contribution is -0.141. The molecule has 1 aliphatic carbocycles. The summed E-state index contributed by atoms with van der Waals surface area (Å²) in [6.45, 7) is 1.79. The summed E-state index contributed by atoms with van der Waals surface area (Å²) < 4.78 is 5.07. The fraction of sp³-hybridized carbons (Fsp3) is 0.529. The Balaban J connectivity index is 1.71. The highest BCUT2D eigenvalue weighted by atomic mass is 16.5. The molecule has 126 valence electrons. The van der Waals surface area contributed by atoms with E-state index in [1.807, 2.05) is 0 Å². The first-order chi connectivity index (χ1) is 11.6. The van der Waals surface area contributed by atoms with E-state index in [4.69, 9.17) is 4.52 Å². The lowest BCUT2D eigenvalue weighted by atomic mass is 9.84. The van der Waals surface area contributed by atoms with Crippen molar-refractivity contribution in [3.8, 4) is 0 Å². The Morgan fingerprint density at radius 2 is 2.12 bits per heavy atom. The zero-order valence-corrected chi connectivity index (χ0v) is 13.4. The standard InChI is InChI=1S/C17H19N3O4/c1-9-12-6-11(8-18-15(12)24-19-9)16(21)20-13-5-3-2-4-10(13)7-14(20)17(22)23/h6,8,10,13-14H,2-5,7H2,1H3,(H,22,23)/t10-,13+,14-/m0/s1. The number of aliphatic carboxylic acids is 1. The highest BCUT2D eigenvalue weighted by molar-refractivity contribution is 5.99. The molecule has 0 unspecified atom stereocenters. The lowest BCUT2D eigenvalue weighted by Crippen LogP contribution is -2.46. The first-order valence-corrected chi connectivity index (χ1v) is 8.33. The highest BCUT2D eigenvalue weighted by Crippen LogP contribution is 2.40. The van der Waals surface area contributed by atoms with E-state index in [0.717, 1.165) is 25.7 Å². The van der Waals surface area contributed by atoms with Gasteiger partial charge in [0.1, 0.15) is 6.04 Å². The van der Waals surface area contributed by atoms with Gasteiger partial charge in [-0.2, -0.15) is 0 Å². The Hall–Kier alpha value is -2.44. The second-order valence-corrected chi connectivity index (χ2v) is 6.76. The Morgan fingerprint density at radius 1 is 1.33 bits per heavy atom. The van der Waals surface area contributed by atoms with Gasteiger partial charge < -0.3 is 14.5 Å². The van der Waals surface area contributed by atoms with Crippen LogP contribution in [0.15, 0.2) is 16.8 Å². The third-order valence-electron chi connectivity index (χ3n) is 5.36. The molecule has 3 heterocycles. The van der Waals surface area contributed by atoms with Crippen LogP contribution >= 0.6 is 0 Å². The van der Waals surface area contributed by atoms with E-state index in [9.17, 15) is 14.7 Å². The van der Waals surface area contributed by atoms with Crippen LogP contribution in [0, 0.1) is 12.8 Å². The van der Waals surface area contributed by atoms with E-state index in [1.54, 1.807) is 17.9 Å². The molecule has 0 radical (unpaired) electrons. The molecule has 4 rings (SSSR count). The minimum absolute atomic E-state index is 0.0200. The summed E-state index contributed by atoms with van der Waals surface area (Å²) >= 11 is 0. The van der Waals surface area contributed by atoms with E-state index in [0.29, 0.717) is 28.8 Å². The average Bonchev–Trinajstić information content (AvgIpc) is 3.15. The monoisotopic (exact) mass is 329 g/mol. The molecule has 0 aromatic carbocycles. The van der Waals surface area contributed by atoms with Crippen molar-refractivity contribution < 1.29 is 19.2 Å². The number of carboxylic acids is 1. The smallest absolute Gasteiger partial charge is 0.326 e. The third-order valence-corrected chi connectivity index (χ3v) is 5.36. The summed E-state index contributed by atoms with van der Waals surface area (Å²) in [5, 5.41) is 14.1. The van der Waals surface area contributed by atoms with Crippen molar-refractivity contribution in [2.24, 2.45) is 5.92 Å². The summed E-state index contributed by atoms with van der Waals surface area (Å²) in [5.74, 6) is -0.891. The van der Waals surface area contributed by atoms with Gasteiger partial charge in [0.15, 0.2) is 0 Å². The van der Waals surface area contributed by atoms with Crippen LogP contribution in [0.3, 0.4) is 0 Å². The fourth-order valence-corrected chi connectivity index (χ4v) is 4.18. The maximum Gasteiger partial charge on any atom is 0.326 e. The molecule has 7 nitrogen and oxygen atoms in total. The molecular weight excluding hydrogens is 310 g/mol. The van der Waals surface area contributed by atoms with Gasteiger partial charge in [0, 0.05) is 12.2 Å². The summed E-state index contributed by atoms with van der Waals surface area (Å²) in [7, 11) is 0. The molecule has 1 N–H and O–H groups in total. The van der Waals surface area contributed by atoms with Gasteiger partial charge in [-0.25, -0.2) is 9.78 Å². The van der Waals surface area contributed by atoms with Crippen LogP contribution in [0.5, 0.6) is 0 Å². The molecule has 1 amide bonds. The van der Waals surface area contributed by atoms with Gasteiger partial charge in [0.2, 0.25) is 0 Å². The van der Waals surface area contributed by atoms with Crippen molar-refractivity contribution >= 4 is 23.0 Å². The molecule has 2 aliphatic rings. The number of carboxylic acid groups (broad SMARTS) is 1. The van der Waals surface area contributed by atoms with Crippen molar-refractivity contribution in [2.75, 3.05) is 0 Å². The Kier molecular flexibility index (Phi) is 3.51. The summed E-state index contributed by atoms with van der Waals surface area (Å²) in [4.78, 5) is 30.5. The van der Waals surface area contributed by atoms with E-state index in [1.165, 1.54) is 6.20 Å². The van der Waals surface area contributed by atoms with Crippen molar-refractivity contribution in [3.63, 3.8) is 0 Å². The molecule has 3 atom stereocenters. The lowest BCUT2D eigenvalue weighted by Gasteiger charge is -2.33. The van der Waals surface area contributed by atoms with Crippen molar-refractivity contribution in [1.29, 1.82) is 0 Å². The predicted octanol–water partition coefficient (Wildman–Crippen LogP) is 2.39. The number of pyridine rings is 1. The van der Waals surface area contributed by atoms with Crippen LogP contribution in [0.25, 0.3) is 11.1 Å². The van der Waals surface area contributed by atoms with Gasteiger partial charge in [-0.15, -0.1) is 0 Å². The number of carbonyl (C=O) groups is 2. The molecule has 7 heteroatoms. The number of likely N-dealkylation sites (tertiary alicyclic amines) is 1. The number of amides is 1. The number of rotatable bonds is 2. The number of nitrogens with zero attached hydrogens (tertiary/aromatic N) is 3. The molecule has 1 saturated carbocycles. The van der Waals surface area contributed by atoms with Gasteiger partial charge in [0.25, 0.3) is 11.6 Å². The predicted molar refractivity (Wildman–Crippen MR) is 84.5 cm³/mol. The molecule has 2 aromatic rings. The molecule has 24 heavy (non-hydrogen) atoms. The van der Waals surface area contributed by atoms with Crippen molar-refractivity contribution in [1.82, 2.24) is 15.0 Å². The van der Waals surface area contributed by atoms with Gasteiger partial charge in [-0.05, 0) is 38.2 Å². The summed E-state index contributed by atoms with van der Waals surface area (Å²) in [6, 6.07) is 0.974. The van der Waals surface area contributed by atoms with Crippen molar-refractivity contribution in [2.45, 2.75) is 51.1 Å². The number of aromatic nitrogens is 2. The van der Waals surface area contributed by atoms with Gasteiger partial charge in [0.05, 0.1) is 16.6 Å². The van der Waals surface area contributed by atoms with E-state index < -0.39 is 12.0 Å². The SMILES string of the molecule is Cc1noc2ncc(C(=O)N3[C@@H]4CCCC[C@H]4C[C@H]3C(=O)O)cc12. The second-order valence-electron chi connectivity index (χ2n) is 6.76. The number of aryl methyl sites for hydroxylation is 1. The van der Waals surface area contributed by atoms with Crippen LogP contribution in [0.2, 0.25) is 0 Å². The number of hydrogen-bond acceptors (Lipinski definition) is 5. The minimum Gasteiger partial charge on any atom is -0.480 e. The van der Waals surface area contributed by atoms with Crippen LogP contribution in [0.4, 0.5) is 0 Å². The van der Waals surface area contributed by atoms with E-state index >= 15 is 0 Å². The van der Waals surface area contributed by atoms with Gasteiger partial charge in [-0.1, -0.05) is 18.0 Å². The number of carbonyl (C=O) groups excluding carboxylic acids is 1. The largest absolute Gasteiger partial charge is 0.480 e. The summed E-state index contributed by atoms with van der Waals surface area (Å²) in [6.07, 6.45) is 6.03. The Bertz CT molecular complexity index is 815. The summed E-state index contributed by atoms with van der Waals surface area (Å²) in [5.41, 5.74) is 1.45. The maximum absolute atomic E-state index is 13.1. The second kappa shape index (κ2) is 5.58. The average molecular weight is 329 g/mol. The molecule has 1 saturated heterocycles. The van der Waals surface area contributed by atoms with Gasteiger partial charge >= 0.3 is 5.97 Å². The van der Waals surface area contributed by atoms with Crippen molar-refractivity contribution in [3.05, 3.63) is 23.5 Å². The van der Waals surface area contributed by atoms with Gasteiger partial charge in [-0.3, -0.25) is 4.79 Å².